The lowest BCUT2D eigenvalue weighted by molar-refractivity contribution is 0.0954. The van der Waals surface area contributed by atoms with Crippen molar-refractivity contribution in [2.45, 2.75) is 71.1 Å². The van der Waals surface area contributed by atoms with Crippen LogP contribution in [0.1, 0.15) is 81.5 Å². The van der Waals surface area contributed by atoms with Crippen LogP contribution in [0.3, 0.4) is 0 Å². The standard InChI is InChI=1S/C28H35ClN2O/c1-2-3-4-5-6-7-8-9-10-15-20-30-28(32)24-21-27(23-17-11-13-18-25(23)29)31-26-19-14-12-16-22(24)26/h11-14,16-19,21H,2-10,15,20H2,1H3,(H,30,32). The number of pyridine rings is 1. The maximum Gasteiger partial charge on any atom is 0.252 e. The average molecular weight is 451 g/mol. The second kappa shape index (κ2) is 13.2. The van der Waals surface area contributed by atoms with Crippen LogP contribution in [0, 0.1) is 0 Å². The number of nitrogens with one attached hydrogen (secondary N) is 1. The van der Waals surface area contributed by atoms with E-state index in [-0.39, 0.29) is 5.91 Å². The van der Waals surface area contributed by atoms with E-state index >= 15 is 0 Å². The Balaban J connectivity index is 1.53. The fourth-order valence-corrected chi connectivity index (χ4v) is 4.31. The van der Waals surface area contributed by atoms with Crippen molar-refractivity contribution < 1.29 is 4.79 Å². The van der Waals surface area contributed by atoms with Crippen LogP contribution in [0.2, 0.25) is 5.02 Å². The third-order valence-corrected chi connectivity index (χ3v) is 6.26. The Bertz CT molecular complexity index is 1000. The van der Waals surface area contributed by atoms with E-state index in [4.69, 9.17) is 16.6 Å². The Hall–Kier alpha value is -2.39. The van der Waals surface area contributed by atoms with E-state index in [9.17, 15) is 4.79 Å². The van der Waals surface area contributed by atoms with Crippen molar-refractivity contribution in [2.24, 2.45) is 0 Å². The fraction of sp³-hybridized carbons (Fsp3) is 0.429. The van der Waals surface area contributed by atoms with Gasteiger partial charge in [0.1, 0.15) is 0 Å². The van der Waals surface area contributed by atoms with Crippen LogP contribution in [0.5, 0.6) is 0 Å². The smallest absolute Gasteiger partial charge is 0.252 e. The molecule has 0 atom stereocenters. The minimum atomic E-state index is -0.0483. The van der Waals surface area contributed by atoms with E-state index in [2.05, 4.69) is 12.2 Å². The van der Waals surface area contributed by atoms with Gasteiger partial charge in [-0.1, -0.05) is 113 Å². The molecule has 0 saturated carbocycles. The zero-order valence-corrected chi connectivity index (χ0v) is 20.0. The fourth-order valence-electron chi connectivity index (χ4n) is 4.08. The molecule has 0 spiro atoms. The SMILES string of the molecule is CCCCCCCCCCCCNC(=O)c1cc(-c2ccccc2Cl)nc2ccccc12. The van der Waals surface area contributed by atoms with Crippen LogP contribution in [0.15, 0.2) is 54.6 Å². The first-order valence-corrected chi connectivity index (χ1v) is 12.5. The maximum atomic E-state index is 13.0. The number of fused-ring (bicyclic) bond motifs is 1. The molecule has 3 aromatic rings. The normalized spacial score (nSPS) is 11.1. The first kappa shape index (κ1) is 24.3. The summed E-state index contributed by atoms with van der Waals surface area (Å²) in [5.41, 5.74) is 3.01. The highest BCUT2D eigenvalue weighted by Crippen LogP contribution is 2.29. The number of carbonyl (C=O) groups is 1. The number of hydrogen-bond acceptors (Lipinski definition) is 2. The van der Waals surface area contributed by atoms with Crippen molar-refractivity contribution in [1.82, 2.24) is 10.3 Å². The molecule has 1 heterocycles. The number of halogens is 1. The number of aromatic nitrogens is 1. The van der Waals surface area contributed by atoms with Gasteiger partial charge in [-0.05, 0) is 24.6 Å². The molecule has 32 heavy (non-hydrogen) atoms. The van der Waals surface area contributed by atoms with Gasteiger partial charge in [0.15, 0.2) is 0 Å². The molecular formula is C28H35ClN2O. The summed E-state index contributed by atoms with van der Waals surface area (Å²) in [6, 6.07) is 17.2. The van der Waals surface area contributed by atoms with Crippen LogP contribution < -0.4 is 5.32 Å². The first-order chi connectivity index (χ1) is 15.7. The molecule has 0 aliphatic rings. The minimum absolute atomic E-state index is 0.0483. The number of rotatable bonds is 13. The van der Waals surface area contributed by atoms with E-state index in [1.54, 1.807) is 0 Å². The van der Waals surface area contributed by atoms with E-state index in [0.29, 0.717) is 17.1 Å². The summed E-state index contributed by atoms with van der Waals surface area (Å²) in [7, 11) is 0. The Morgan fingerprint density at radius 1 is 0.844 bits per heavy atom. The first-order valence-electron chi connectivity index (χ1n) is 12.1. The molecule has 1 amide bonds. The number of amides is 1. The van der Waals surface area contributed by atoms with Crippen LogP contribution >= 0.6 is 11.6 Å². The number of para-hydroxylation sites is 1. The largest absolute Gasteiger partial charge is 0.352 e. The monoisotopic (exact) mass is 450 g/mol. The van der Waals surface area contributed by atoms with Gasteiger partial charge in [-0.15, -0.1) is 0 Å². The molecule has 0 saturated heterocycles. The summed E-state index contributed by atoms with van der Waals surface area (Å²) in [6.07, 6.45) is 12.9. The van der Waals surface area contributed by atoms with Crippen molar-refractivity contribution in [3.8, 4) is 11.3 Å². The average Bonchev–Trinajstić information content (AvgIpc) is 2.82. The van der Waals surface area contributed by atoms with Crippen molar-refractivity contribution in [2.75, 3.05) is 6.54 Å². The number of nitrogens with zero attached hydrogens (tertiary/aromatic N) is 1. The van der Waals surface area contributed by atoms with Gasteiger partial charge in [0, 0.05) is 22.5 Å². The van der Waals surface area contributed by atoms with E-state index in [1.165, 1.54) is 51.4 Å². The van der Waals surface area contributed by atoms with Gasteiger partial charge < -0.3 is 5.32 Å². The molecule has 1 aromatic heterocycles. The number of carbonyl (C=O) groups excluding carboxylic acids is 1. The lowest BCUT2D eigenvalue weighted by atomic mass is 10.0. The molecule has 2 aromatic carbocycles. The molecule has 0 unspecified atom stereocenters. The molecule has 0 aliphatic heterocycles. The number of benzene rings is 2. The summed E-state index contributed by atoms with van der Waals surface area (Å²) >= 11 is 6.39. The Morgan fingerprint density at radius 2 is 1.47 bits per heavy atom. The van der Waals surface area contributed by atoms with Crippen LogP contribution in [-0.2, 0) is 0 Å². The molecule has 0 radical (unpaired) electrons. The lowest BCUT2D eigenvalue weighted by Gasteiger charge is -2.11. The summed E-state index contributed by atoms with van der Waals surface area (Å²) < 4.78 is 0. The van der Waals surface area contributed by atoms with Gasteiger partial charge in [0.05, 0.1) is 16.8 Å². The summed E-state index contributed by atoms with van der Waals surface area (Å²) in [5, 5.41) is 4.61. The van der Waals surface area contributed by atoms with Crippen molar-refractivity contribution in [1.29, 1.82) is 0 Å². The zero-order valence-electron chi connectivity index (χ0n) is 19.2. The highest BCUT2D eigenvalue weighted by atomic mass is 35.5. The molecule has 4 heteroatoms. The van der Waals surface area contributed by atoms with Gasteiger partial charge in [0.25, 0.3) is 5.91 Å². The van der Waals surface area contributed by atoms with Gasteiger partial charge in [-0.25, -0.2) is 4.98 Å². The quantitative estimate of drug-likeness (QED) is 0.266. The van der Waals surface area contributed by atoms with Crippen LogP contribution in [0.4, 0.5) is 0 Å². The Kier molecular flexibility index (Phi) is 10.0. The summed E-state index contributed by atoms with van der Waals surface area (Å²) in [5.74, 6) is -0.0483. The molecule has 3 nitrogen and oxygen atoms in total. The van der Waals surface area contributed by atoms with Crippen LogP contribution in [0.25, 0.3) is 22.2 Å². The van der Waals surface area contributed by atoms with Gasteiger partial charge >= 0.3 is 0 Å². The molecular weight excluding hydrogens is 416 g/mol. The zero-order chi connectivity index (χ0) is 22.6. The van der Waals surface area contributed by atoms with E-state index in [1.807, 2.05) is 54.6 Å². The second-order valence-corrected chi connectivity index (χ2v) is 8.90. The molecule has 3 rings (SSSR count). The third-order valence-electron chi connectivity index (χ3n) is 5.93. The Morgan fingerprint density at radius 3 is 2.19 bits per heavy atom. The minimum Gasteiger partial charge on any atom is -0.352 e. The molecule has 0 fully saturated rings. The third kappa shape index (κ3) is 7.06. The van der Waals surface area contributed by atoms with Crippen LogP contribution in [-0.4, -0.2) is 17.4 Å². The molecule has 170 valence electrons. The molecule has 0 aliphatic carbocycles. The summed E-state index contributed by atoms with van der Waals surface area (Å²) in [4.78, 5) is 17.8. The molecule has 0 bridgehead atoms. The molecule has 1 N–H and O–H groups in total. The van der Waals surface area contributed by atoms with Gasteiger partial charge in [-0.3, -0.25) is 4.79 Å². The second-order valence-electron chi connectivity index (χ2n) is 8.49. The van der Waals surface area contributed by atoms with Gasteiger partial charge in [0.2, 0.25) is 0 Å². The van der Waals surface area contributed by atoms with E-state index < -0.39 is 0 Å². The van der Waals surface area contributed by atoms with E-state index in [0.717, 1.165) is 35.0 Å². The van der Waals surface area contributed by atoms with Crippen molar-refractivity contribution in [3.63, 3.8) is 0 Å². The number of unbranched alkanes of at least 4 members (excludes halogenated alkanes) is 9. The lowest BCUT2D eigenvalue weighted by Crippen LogP contribution is -2.24. The van der Waals surface area contributed by atoms with Crippen molar-refractivity contribution in [3.05, 3.63) is 65.2 Å². The van der Waals surface area contributed by atoms with Gasteiger partial charge in [-0.2, -0.15) is 0 Å². The highest BCUT2D eigenvalue weighted by Gasteiger charge is 2.14. The Labute approximate surface area is 197 Å². The maximum absolute atomic E-state index is 13.0. The van der Waals surface area contributed by atoms with Crippen molar-refractivity contribution >= 4 is 28.4 Å². The summed E-state index contributed by atoms with van der Waals surface area (Å²) in [6.45, 7) is 2.96. The predicted octanol–water partition coefficient (Wildman–Crippen LogP) is 8.21. The topological polar surface area (TPSA) is 42.0 Å². The highest BCUT2D eigenvalue weighted by molar-refractivity contribution is 6.33. The predicted molar refractivity (Wildman–Crippen MR) is 136 cm³/mol. The number of hydrogen-bond donors (Lipinski definition) is 1.